The molecule has 0 aliphatic heterocycles. The van der Waals surface area contributed by atoms with E-state index in [0.717, 1.165) is 37.0 Å². The minimum atomic E-state index is -4.29. The lowest BCUT2D eigenvalue weighted by Gasteiger charge is -2.46. The van der Waals surface area contributed by atoms with Gasteiger partial charge in [-0.05, 0) is 48.3 Å². The van der Waals surface area contributed by atoms with Crippen molar-refractivity contribution < 1.29 is 13.2 Å². The van der Waals surface area contributed by atoms with Crippen LogP contribution in [0.4, 0.5) is 13.2 Å². The van der Waals surface area contributed by atoms with Crippen LogP contribution in [-0.2, 0) is 11.7 Å². The summed E-state index contributed by atoms with van der Waals surface area (Å²) in [5, 5.41) is 0. The van der Waals surface area contributed by atoms with Gasteiger partial charge in [-0.1, -0.05) is 39.3 Å². The number of alkyl halides is 3. The van der Waals surface area contributed by atoms with Crippen molar-refractivity contribution in [3.8, 4) is 0 Å². The molecule has 0 saturated heterocycles. The summed E-state index contributed by atoms with van der Waals surface area (Å²) in [6.07, 6.45) is -1.28. The summed E-state index contributed by atoms with van der Waals surface area (Å²) in [5.74, 6) is 1.24. The van der Waals surface area contributed by atoms with Crippen LogP contribution in [0.15, 0.2) is 24.3 Å². The van der Waals surface area contributed by atoms with Gasteiger partial charge in [-0.2, -0.15) is 13.2 Å². The number of hydrogen-bond donors (Lipinski definition) is 1. The number of halogens is 3. The fourth-order valence-electron chi connectivity index (χ4n) is 3.78. The Morgan fingerprint density at radius 1 is 1.14 bits per heavy atom. The predicted octanol–water partition coefficient (Wildman–Crippen LogP) is 4.95. The normalized spacial score (nSPS) is 30.7. The maximum atomic E-state index is 12.7. The molecule has 0 bridgehead atoms. The topological polar surface area (TPSA) is 26.0 Å². The number of nitrogens with two attached hydrogens (primary N) is 1. The van der Waals surface area contributed by atoms with Gasteiger partial charge in [-0.25, -0.2) is 0 Å². The first kappa shape index (κ1) is 16.3. The number of benzene rings is 1. The molecule has 0 amide bonds. The summed E-state index contributed by atoms with van der Waals surface area (Å²) in [7, 11) is 0. The molecule has 3 unspecified atom stereocenters. The van der Waals surface area contributed by atoms with Gasteiger partial charge in [0.2, 0.25) is 0 Å². The van der Waals surface area contributed by atoms with Crippen LogP contribution in [0, 0.1) is 17.8 Å². The Hall–Kier alpha value is -1.03. The highest BCUT2D eigenvalue weighted by atomic mass is 19.4. The Balaban J connectivity index is 2.36. The maximum Gasteiger partial charge on any atom is 0.416 e. The van der Waals surface area contributed by atoms with E-state index in [2.05, 4.69) is 20.8 Å². The minimum Gasteiger partial charge on any atom is -0.321 e. The van der Waals surface area contributed by atoms with E-state index in [-0.39, 0.29) is 0 Å². The fourth-order valence-corrected chi connectivity index (χ4v) is 3.78. The number of rotatable bonds is 2. The van der Waals surface area contributed by atoms with E-state index in [0.29, 0.717) is 17.8 Å². The van der Waals surface area contributed by atoms with E-state index >= 15 is 0 Å². The molecule has 118 valence electrons. The van der Waals surface area contributed by atoms with E-state index in [4.69, 9.17) is 5.73 Å². The van der Waals surface area contributed by atoms with Crippen LogP contribution in [0.2, 0.25) is 0 Å². The molecule has 1 nitrogen and oxygen atoms in total. The van der Waals surface area contributed by atoms with Gasteiger partial charge in [-0.15, -0.1) is 0 Å². The minimum absolute atomic E-state index is 0.311. The molecule has 1 aromatic carbocycles. The van der Waals surface area contributed by atoms with E-state index in [1.165, 1.54) is 0 Å². The van der Waals surface area contributed by atoms with Gasteiger partial charge in [0.05, 0.1) is 5.56 Å². The van der Waals surface area contributed by atoms with Crippen LogP contribution in [0.1, 0.15) is 51.2 Å². The molecule has 1 aliphatic rings. The third-order valence-corrected chi connectivity index (χ3v) is 4.87. The fraction of sp³-hybridized carbons (Fsp3) is 0.647. The van der Waals surface area contributed by atoms with E-state index in [1.54, 1.807) is 12.1 Å². The monoisotopic (exact) mass is 299 g/mol. The Kier molecular flexibility index (Phi) is 4.39. The third kappa shape index (κ3) is 3.25. The van der Waals surface area contributed by atoms with Crippen molar-refractivity contribution in [2.24, 2.45) is 23.5 Å². The van der Waals surface area contributed by atoms with Crippen LogP contribution in [-0.4, -0.2) is 0 Å². The standard InChI is InChI=1S/C17H24F3N/c1-11(2)15-9-4-12(3)10-16(15,21)13-5-7-14(8-6-13)17(18,19)20/h5-8,11-12,15H,4,9-10,21H2,1-3H3. The first-order valence-corrected chi connectivity index (χ1v) is 7.61. The van der Waals surface area contributed by atoms with Gasteiger partial charge in [0.25, 0.3) is 0 Å². The van der Waals surface area contributed by atoms with Crippen LogP contribution >= 0.6 is 0 Å². The molecule has 3 atom stereocenters. The average Bonchev–Trinajstić information content (AvgIpc) is 2.37. The summed E-state index contributed by atoms with van der Waals surface area (Å²) >= 11 is 0. The van der Waals surface area contributed by atoms with Gasteiger partial charge >= 0.3 is 6.18 Å². The van der Waals surface area contributed by atoms with Crippen molar-refractivity contribution in [3.63, 3.8) is 0 Å². The van der Waals surface area contributed by atoms with Gasteiger partial charge in [-0.3, -0.25) is 0 Å². The van der Waals surface area contributed by atoms with Crippen molar-refractivity contribution in [2.45, 2.75) is 51.7 Å². The average molecular weight is 299 g/mol. The Morgan fingerprint density at radius 2 is 1.71 bits per heavy atom. The zero-order valence-corrected chi connectivity index (χ0v) is 12.9. The van der Waals surface area contributed by atoms with E-state index < -0.39 is 17.3 Å². The zero-order valence-electron chi connectivity index (χ0n) is 12.9. The highest BCUT2D eigenvalue weighted by Crippen LogP contribution is 2.45. The second-order valence-electron chi connectivity index (χ2n) is 6.85. The molecule has 1 fully saturated rings. The highest BCUT2D eigenvalue weighted by Gasteiger charge is 2.42. The molecule has 2 N–H and O–H groups in total. The van der Waals surface area contributed by atoms with Crippen molar-refractivity contribution in [1.29, 1.82) is 0 Å². The Bertz CT molecular complexity index is 478. The summed E-state index contributed by atoms with van der Waals surface area (Å²) in [6.45, 7) is 6.46. The quantitative estimate of drug-likeness (QED) is 0.821. The van der Waals surface area contributed by atoms with Gasteiger partial charge in [0.1, 0.15) is 0 Å². The van der Waals surface area contributed by atoms with Gasteiger partial charge < -0.3 is 5.73 Å². The summed E-state index contributed by atoms with van der Waals surface area (Å²) < 4.78 is 38.1. The Labute approximate surface area is 124 Å². The van der Waals surface area contributed by atoms with E-state index in [1.807, 2.05) is 0 Å². The lowest BCUT2D eigenvalue weighted by Crippen LogP contribution is -2.50. The second kappa shape index (κ2) is 5.64. The molecular weight excluding hydrogens is 275 g/mol. The molecule has 1 aliphatic carbocycles. The first-order valence-electron chi connectivity index (χ1n) is 7.61. The zero-order chi connectivity index (χ0) is 15.8. The molecule has 0 spiro atoms. The molecule has 2 rings (SSSR count). The molecule has 4 heteroatoms. The molecular formula is C17H24F3N. The van der Waals surface area contributed by atoms with Crippen LogP contribution < -0.4 is 5.73 Å². The van der Waals surface area contributed by atoms with Crippen LogP contribution in [0.3, 0.4) is 0 Å². The van der Waals surface area contributed by atoms with Crippen molar-refractivity contribution in [3.05, 3.63) is 35.4 Å². The van der Waals surface area contributed by atoms with E-state index in [9.17, 15) is 13.2 Å². The second-order valence-corrected chi connectivity index (χ2v) is 6.85. The summed E-state index contributed by atoms with van der Waals surface area (Å²) in [6, 6.07) is 5.44. The SMILES string of the molecule is CC1CCC(C(C)C)C(N)(c2ccc(C(F)(F)F)cc2)C1. The van der Waals surface area contributed by atoms with Gasteiger partial charge in [0, 0.05) is 5.54 Å². The molecule has 21 heavy (non-hydrogen) atoms. The lowest BCUT2D eigenvalue weighted by atomic mass is 9.63. The van der Waals surface area contributed by atoms with Crippen molar-refractivity contribution >= 4 is 0 Å². The Morgan fingerprint density at radius 3 is 2.19 bits per heavy atom. The predicted molar refractivity (Wildman–Crippen MR) is 78.7 cm³/mol. The van der Waals surface area contributed by atoms with Crippen LogP contribution in [0.25, 0.3) is 0 Å². The van der Waals surface area contributed by atoms with Crippen LogP contribution in [0.5, 0.6) is 0 Å². The molecule has 0 radical (unpaired) electrons. The third-order valence-electron chi connectivity index (χ3n) is 4.87. The molecule has 0 heterocycles. The smallest absolute Gasteiger partial charge is 0.321 e. The highest BCUT2D eigenvalue weighted by molar-refractivity contribution is 5.31. The van der Waals surface area contributed by atoms with Gasteiger partial charge in [0.15, 0.2) is 0 Å². The largest absolute Gasteiger partial charge is 0.416 e. The summed E-state index contributed by atoms with van der Waals surface area (Å²) in [4.78, 5) is 0. The van der Waals surface area contributed by atoms with Crippen molar-refractivity contribution in [2.75, 3.05) is 0 Å². The molecule has 1 aromatic rings. The summed E-state index contributed by atoms with van der Waals surface area (Å²) in [5.41, 5.74) is 6.40. The number of hydrogen-bond acceptors (Lipinski definition) is 1. The molecule has 1 saturated carbocycles. The van der Waals surface area contributed by atoms with Crippen molar-refractivity contribution in [1.82, 2.24) is 0 Å². The maximum absolute atomic E-state index is 12.7. The molecule has 0 aromatic heterocycles. The first-order chi connectivity index (χ1) is 9.64. The lowest BCUT2D eigenvalue weighted by molar-refractivity contribution is -0.137.